The summed E-state index contributed by atoms with van der Waals surface area (Å²) in [6.45, 7) is 10.1. The van der Waals surface area contributed by atoms with Crippen LogP contribution in [0.5, 0.6) is 34.5 Å². The lowest BCUT2D eigenvalue weighted by molar-refractivity contribution is -0.135. The summed E-state index contributed by atoms with van der Waals surface area (Å²) in [5.41, 5.74) is 4.29. The summed E-state index contributed by atoms with van der Waals surface area (Å²) in [6.07, 6.45) is 0.713. The molecule has 302 valence electrons. The van der Waals surface area contributed by atoms with Gasteiger partial charge in [0, 0.05) is 85.5 Å². The second kappa shape index (κ2) is 17.9. The van der Waals surface area contributed by atoms with Gasteiger partial charge in [-0.3, -0.25) is 28.8 Å². The third-order valence-corrected chi connectivity index (χ3v) is 10.3. The zero-order valence-corrected chi connectivity index (χ0v) is 33.4. The van der Waals surface area contributed by atoms with Gasteiger partial charge >= 0.3 is 35.8 Å². The average Bonchev–Trinajstić information content (AvgIpc) is 3.74. The van der Waals surface area contributed by atoms with E-state index in [4.69, 9.17) is 28.4 Å². The van der Waals surface area contributed by atoms with Crippen molar-refractivity contribution >= 4 is 35.8 Å². The maximum atomic E-state index is 13.1. The fraction of sp³-hybridized carbons (Fsp3) is 0.348. The molecule has 58 heavy (non-hydrogen) atoms. The molecule has 0 fully saturated rings. The predicted molar refractivity (Wildman–Crippen MR) is 210 cm³/mol. The van der Waals surface area contributed by atoms with Crippen LogP contribution >= 0.6 is 0 Å². The first-order valence-electron chi connectivity index (χ1n) is 19.7. The molecule has 0 aliphatic heterocycles. The Labute approximate surface area is 336 Å². The van der Waals surface area contributed by atoms with E-state index in [9.17, 15) is 28.8 Å². The topological polar surface area (TPSA) is 158 Å². The molecule has 0 N–H and O–H groups in total. The number of ether oxygens (including phenoxy) is 6. The molecule has 2 aliphatic rings. The zero-order chi connectivity index (χ0) is 41.7. The summed E-state index contributed by atoms with van der Waals surface area (Å²) in [7, 11) is 0. The van der Waals surface area contributed by atoms with E-state index in [1.54, 1.807) is 90.1 Å². The maximum absolute atomic E-state index is 13.1. The van der Waals surface area contributed by atoms with Gasteiger partial charge in [0.1, 0.15) is 34.5 Å². The van der Waals surface area contributed by atoms with Gasteiger partial charge in [-0.15, -0.1) is 0 Å². The minimum atomic E-state index is -0.549. The number of hydrogen-bond acceptors (Lipinski definition) is 12. The van der Waals surface area contributed by atoms with Gasteiger partial charge in [0.05, 0.1) is 0 Å². The minimum absolute atomic E-state index is 0.0709. The van der Waals surface area contributed by atoms with Crippen LogP contribution in [0.25, 0.3) is 0 Å². The van der Waals surface area contributed by atoms with Crippen molar-refractivity contribution in [3.8, 4) is 34.5 Å². The number of benzene rings is 4. The molecule has 4 aromatic carbocycles. The molecule has 0 saturated carbocycles. The Morgan fingerprint density at radius 3 is 0.948 bits per heavy atom. The minimum Gasteiger partial charge on any atom is -0.427 e. The number of carbonyl (C=O) groups is 6. The monoisotopic (exact) mass is 790 g/mol. The van der Waals surface area contributed by atoms with Crippen LogP contribution in [0, 0.1) is 0 Å². The fourth-order valence-electron chi connectivity index (χ4n) is 7.71. The van der Waals surface area contributed by atoms with E-state index in [1.807, 2.05) is 24.3 Å². The highest BCUT2D eigenvalue weighted by Crippen LogP contribution is 2.69. The number of hydrogen-bond donors (Lipinski definition) is 0. The molecule has 6 rings (SSSR count). The molecule has 0 saturated heterocycles. The van der Waals surface area contributed by atoms with E-state index in [0.717, 1.165) is 11.1 Å². The summed E-state index contributed by atoms with van der Waals surface area (Å²) in [5, 5.41) is 0. The largest absolute Gasteiger partial charge is 0.427 e. The Balaban J connectivity index is 1.67. The van der Waals surface area contributed by atoms with Crippen molar-refractivity contribution in [3.05, 3.63) is 106 Å². The molecule has 4 atom stereocenters. The highest BCUT2D eigenvalue weighted by Gasteiger charge is 2.55. The van der Waals surface area contributed by atoms with Gasteiger partial charge in [0.2, 0.25) is 0 Å². The van der Waals surface area contributed by atoms with Crippen molar-refractivity contribution in [2.75, 3.05) is 0 Å². The van der Waals surface area contributed by atoms with Crippen molar-refractivity contribution in [2.45, 2.75) is 104 Å². The van der Waals surface area contributed by atoms with Crippen LogP contribution in [0.4, 0.5) is 0 Å². The Morgan fingerprint density at radius 2 is 0.655 bits per heavy atom. The lowest BCUT2D eigenvalue weighted by atomic mass is 9.79. The molecule has 0 spiro atoms. The Kier molecular flexibility index (Phi) is 12.7. The van der Waals surface area contributed by atoms with Crippen molar-refractivity contribution < 1.29 is 57.2 Å². The molecule has 0 amide bonds. The molecule has 12 nitrogen and oxygen atoms in total. The fourth-order valence-corrected chi connectivity index (χ4v) is 7.71. The molecule has 0 unspecified atom stereocenters. The van der Waals surface area contributed by atoms with Crippen LogP contribution in [0.2, 0.25) is 0 Å². The third kappa shape index (κ3) is 8.51. The first-order chi connectivity index (χ1) is 27.9. The van der Waals surface area contributed by atoms with Crippen molar-refractivity contribution in [1.82, 2.24) is 0 Å². The van der Waals surface area contributed by atoms with Crippen LogP contribution in [-0.2, 0) is 28.8 Å². The van der Waals surface area contributed by atoms with Crippen LogP contribution in [-0.4, -0.2) is 35.8 Å². The molecule has 0 bridgehead atoms. The number of fused-ring (bicyclic) bond motifs is 5. The molecular weight excluding hydrogens is 744 g/mol. The standard InChI is InChI=1S/C46H46O12/c1-7-35(47)53-27-17-13-25(14-18-27)41-43-31(21-29(55-37(49)9-3)23-33(43)57-39(51)11-5)46-42(26-15-19-28(20-16-26)54-36(48)8-2)44-32(45(41)46)22-30(56-38(50)10-4)24-34(44)58-40(52)12-6/h13-24,41-42,45-46H,7-12H2,1-6H3/t41-,42-,45+,46+/m1/s1. The van der Waals surface area contributed by atoms with Gasteiger partial charge in [0.25, 0.3) is 0 Å². The lowest BCUT2D eigenvalue weighted by Gasteiger charge is -2.24. The highest BCUT2D eigenvalue weighted by molar-refractivity contribution is 5.79. The third-order valence-electron chi connectivity index (χ3n) is 10.3. The van der Waals surface area contributed by atoms with E-state index < -0.39 is 59.5 Å². The Bertz CT molecular complexity index is 2080. The quantitative estimate of drug-likeness (QED) is 0.0885. The van der Waals surface area contributed by atoms with E-state index in [0.29, 0.717) is 33.8 Å². The Hall–Kier alpha value is -6.30. The second-order valence-electron chi connectivity index (χ2n) is 14.0. The molecular formula is C46H46O12. The van der Waals surface area contributed by atoms with Crippen LogP contribution < -0.4 is 28.4 Å². The molecule has 12 heteroatoms. The summed E-state index contributed by atoms with van der Waals surface area (Å²) in [5.74, 6) is -3.37. The molecule has 4 aromatic rings. The highest BCUT2D eigenvalue weighted by atomic mass is 16.6. The lowest BCUT2D eigenvalue weighted by Crippen LogP contribution is -2.14. The van der Waals surface area contributed by atoms with Crippen LogP contribution in [0.3, 0.4) is 0 Å². The zero-order valence-electron chi connectivity index (χ0n) is 33.4. The summed E-state index contributed by atoms with van der Waals surface area (Å²) in [4.78, 5) is 76.1. The molecule has 0 radical (unpaired) electrons. The first kappa shape index (κ1) is 41.3. The summed E-state index contributed by atoms with van der Waals surface area (Å²) in [6, 6.07) is 20.8. The number of esters is 6. The molecule has 0 heterocycles. The number of carbonyl (C=O) groups excluding carboxylic acids is 6. The van der Waals surface area contributed by atoms with Crippen molar-refractivity contribution in [1.29, 1.82) is 0 Å². The summed E-state index contributed by atoms with van der Waals surface area (Å²) >= 11 is 0. The second-order valence-corrected chi connectivity index (χ2v) is 14.0. The van der Waals surface area contributed by atoms with Gasteiger partial charge in [-0.05, 0) is 58.7 Å². The number of rotatable bonds is 14. The van der Waals surface area contributed by atoms with Gasteiger partial charge in [-0.1, -0.05) is 65.8 Å². The van der Waals surface area contributed by atoms with Gasteiger partial charge in [-0.25, -0.2) is 0 Å². The van der Waals surface area contributed by atoms with E-state index in [2.05, 4.69) is 0 Å². The van der Waals surface area contributed by atoms with Crippen LogP contribution in [0.1, 0.15) is 137 Å². The predicted octanol–water partition coefficient (Wildman–Crippen LogP) is 8.74. The smallest absolute Gasteiger partial charge is 0.310 e. The SMILES string of the molecule is CCC(=O)Oc1ccc([C@@H]2c3c(OC(=O)CC)cc(OC(=O)CC)cc3[C@H]3[C@H](c4ccc(OC(=O)CC)cc4)c4c(OC(=O)CC)cc(OC(=O)CC)cc4[C@@H]23)cc1. The summed E-state index contributed by atoms with van der Waals surface area (Å²) < 4.78 is 34.7. The molecule has 0 aromatic heterocycles. The van der Waals surface area contributed by atoms with E-state index in [1.165, 1.54) is 0 Å². The average molecular weight is 791 g/mol. The Morgan fingerprint density at radius 1 is 0.379 bits per heavy atom. The van der Waals surface area contributed by atoms with E-state index in [-0.39, 0.29) is 61.5 Å². The van der Waals surface area contributed by atoms with Crippen molar-refractivity contribution in [3.63, 3.8) is 0 Å². The van der Waals surface area contributed by atoms with E-state index >= 15 is 0 Å². The van der Waals surface area contributed by atoms with Gasteiger partial charge in [-0.2, -0.15) is 0 Å². The van der Waals surface area contributed by atoms with Crippen molar-refractivity contribution in [2.24, 2.45) is 0 Å². The van der Waals surface area contributed by atoms with Crippen LogP contribution in [0.15, 0.2) is 72.8 Å². The van der Waals surface area contributed by atoms with Gasteiger partial charge < -0.3 is 28.4 Å². The molecule has 2 aliphatic carbocycles. The maximum Gasteiger partial charge on any atom is 0.310 e. The van der Waals surface area contributed by atoms with Gasteiger partial charge in [0.15, 0.2) is 0 Å². The normalized spacial score (nSPS) is 17.3. The first-order valence-corrected chi connectivity index (χ1v) is 19.7.